The van der Waals surface area contributed by atoms with Crippen LogP contribution in [-0.4, -0.2) is 47.5 Å². The van der Waals surface area contributed by atoms with Crippen LogP contribution in [0.15, 0.2) is 36.5 Å². The lowest BCUT2D eigenvalue weighted by atomic mass is 9.85. The summed E-state index contributed by atoms with van der Waals surface area (Å²) in [4.78, 5) is 19.3. The standard InChI is InChI=1S/C26H29Cl2N3O2.ClH/c1-15(32)21-13-29-24-8-7-17(18-11-22(27)26(33)23(28)12-18)10-20(24)25(21)30-19-6-4-5-16(9-19)14-31(2)3;/h7-8,10-13,16,19,33H,4-6,9,14H2,1-3H3,(H,29,30);1H/t16-,19+;/m1./s1. The zero-order valence-corrected chi connectivity index (χ0v) is 21.9. The van der Waals surface area contributed by atoms with Crippen molar-refractivity contribution in [3.63, 3.8) is 0 Å². The number of fused-ring (bicyclic) bond motifs is 1. The maximum absolute atomic E-state index is 12.5. The highest BCUT2D eigenvalue weighted by Gasteiger charge is 2.24. The second kappa shape index (κ2) is 11.1. The predicted molar refractivity (Wildman–Crippen MR) is 144 cm³/mol. The number of hydrogen-bond acceptors (Lipinski definition) is 5. The van der Waals surface area contributed by atoms with Crippen LogP contribution in [0.1, 0.15) is 43.0 Å². The van der Waals surface area contributed by atoms with Gasteiger partial charge in [-0.15, -0.1) is 12.4 Å². The van der Waals surface area contributed by atoms with Crippen molar-refractivity contribution in [2.75, 3.05) is 26.0 Å². The van der Waals surface area contributed by atoms with E-state index in [9.17, 15) is 9.90 Å². The van der Waals surface area contributed by atoms with Gasteiger partial charge in [-0.3, -0.25) is 9.78 Å². The quantitative estimate of drug-likeness (QED) is 0.339. The van der Waals surface area contributed by atoms with Gasteiger partial charge in [0, 0.05) is 24.2 Å². The summed E-state index contributed by atoms with van der Waals surface area (Å²) in [5.41, 5.74) is 3.90. The van der Waals surface area contributed by atoms with E-state index < -0.39 is 0 Å². The van der Waals surface area contributed by atoms with Crippen LogP contribution in [0.4, 0.5) is 5.69 Å². The Hall–Kier alpha value is -2.05. The van der Waals surface area contributed by atoms with E-state index >= 15 is 0 Å². The molecule has 0 aliphatic heterocycles. The monoisotopic (exact) mass is 521 g/mol. The van der Waals surface area contributed by atoms with E-state index in [-0.39, 0.29) is 34.0 Å². The van der Waals surface area contributed by atoms with Crippen molar-refractivity contribution in [2.45, 2.75) is 38.6 Å². The average molecular weight is 523 g/mol. The van der Waals surface area contributed by atoms with Crippen molar-refractivity contribution in [2.24, 2.45) is 5.92 Å². The van der Waals surface area contributed by atoms with Gasteiger partial charge in [-0.25, -0.2) is 0 Å². The van der Waals surface area contributed by atoms with E-state index in [1.165, 1.54) is 12.8 Å². The Labute approximate surface area is 216 Å². The molecule has 1 fully saturated rings. The van der Waals surface area contributed by atoms with Crippen molar-refractivity contribution >= 4 is 58.0 Å². The van der Waals surface area contributed by atoms with Crippen LogP contribution in [0.2, 0.25) is 10.0 Å². The first kappa shape index (κ1) is 26.6. The van der Waals surface area contributed by atoms with Crippen LogP contribution in [0.25, 0.3) is 22.0 Å². The maximum Gasteiger partial charge on any atom is 0.163 e. The van der Waals surface area contributed by atoms with E-state index in [4.69, 9.17) is 23.2 Å². The van der Waals surface area contributed by atoms with Gasteiger partial charge in [0.15, 0.2) is 11.5 Å². The molecule has 1 aliphatic carbocycles. The van der Waals surface area contributed by atoms with Crippen molar-refractivity contribution in [3.05, 3.63) is 52.1 Å². The molecule has 2 atom stereocenters. The first-order chi connectivity index (χ1) is 15.7. The van der Waals surface area contributed by atoms with Crippen LogP contribution in [0.5, 0.6) is 5.75 Å². The number of halogens is 3. The number of aromatic hydroxyl groups is 1. The van der Waals surface area contributed by atoms with Gasteiger partial charge in [-0.2, -0.15) is 0 Å². The second-order valence-electron chi connectivity index (χ2n) is 9.26. The molecule has 34 heavy (non-hydrogen) atoms. The molecule has 0 spiro atoms. The molecule has 1 aliphatic rings. The van der Waals surface area contributed by atoms with Gasteiger partial charge in [0.1, 0.15) is 0 Å². The summed E-state index contributed by atoms with van der Waals surface area (Å²) in [5.74, 6) is 0.487. The predicted octanol–water partition coefficient (Wildman–Crippen LogP) is 7.07. The minimum Gasteiger partial charge on any atom is -0.505 e. The smallest absolute Gasteiger partial charge is 0.163 e. The minimum atomic E-state index is -0.129. The molecular formula is C26H30Cl3N3O2. The third kappa shape index (κ3) is 5.77. The lowest BCUT2D eigenvalue weighted by Crippen LogP contribution is -2.32. The van der Waals surface area contributed by atoms with Crippen LogP contribution in [0, 0.1) is 5.92 Å². The highest BCUT2D eigenvalue weighted by Crippen LogP contribution is 2.38. The van der Waals surface area contributed by atoms with Gasteiger partial charge in [0.25, 0.3) is 0 Å². The number of carbonyl (C=O) groups is 1. The molecule has 0 unspecified atom stereocenters. The van der Waals surface area contributed by atoms with E-state index in [0.29, 0.717) is 17.5 Å². The number of hydrogen-bond donors (Lipinski definition) is 2. The zero-order valence-electron chi connectivity index (χ0n) is 19.6. The van der Waals surface area contributed by atoms with Gasteiger partial charge < -0.3 is 15.3 Å². The highest BCUT2D eigenvalue weighted by molar-refractivity contribution is 6.37. The number of phenolic OH excluding ortho intramolecular Hbond substituents is 1. The van der Waals surface area contributed by atoms with E-state index in [1.807, 2.05) is 18.2 Å². The number of Topliss-reactive ketones (excluding diaryl/α,β-unsaturated/α-hetero) is 1. The molecule has 4 rings (SSSR count). The molecular weight excluding hydrogens is 493 g/mol. The number of benzene rings is 2. The van der Waals surface area contributed by atoms with Crippen LogP contribution < -0.4 is 5.32 Å². The topological polar surface area (TPSA) is 65.5 Å². The van der Waals surface area contributed by atoms with Crippen molar-refractivity contribution < 1.29 is 9.90 Å². The molecule has 0 bridgehead atoms. The Balaban J connectivity index is 0.00000324. The first-order valence-electron chi connectivity index (χ1n) is 11.3. The molecule has 0 saturated heterocycles. The number of nitrogens with zero attached hydrogens (tertiary/aromatic N) is 2. The third-order valence-corrected chi connectivity index (χ3v) is 6.93. The molecule has 0 radical (unpaired) electrons. The lowest BCUT2D eigenvalue weighted by molar-refractivity contribution is 0.101. The molecule has 1 saturated carbocycles. The number of anilines is 1. The van der Waals surface area contributed by atoms with Crippen molar-refractivity contribution in [1.29, 1.82) is 0 Å². The molecule has 182 valence electrons. The molecule has 2 aromatic carbocycles. The lowest BCUT2D eigenvalue weighted by Gasteiger charge is -2.32. The van der Waals surface area contributed by atoms with Crippen molar-refractivity contribution in [3.8, 4) is 16.9 Å². The summed E-state index contributed by atoms with van der Waals surface area (Å²) >= 11 is 12.3. The highest BCUT2D eigenvalue weighted by atomic mass is 35.5. The summed E-state index contributed by atoms with van der Waals surface area (Å²) in [6.45, 7) is 2.65. The molecule has 1 aromatic heterocycles. The number of pyridine rings is 1. The Morgan fingerprint density at radius 3 is 2.50 bits per heavy atom. The number of rotatable bonds is 6. The van der Waals surface area contributed by atoms with E-state index in [1.54, 1.807) is 25.3 Å². The fourth-order valence-corrected chi connectivity index (χ4v) is 5.32. The summed E-state index contributed by atoms with van der Waals surface area (Å²) in [5, 5.41) is 14.9. The molecule has 2 N–H and O–H groups in total. The van der Waals surface area contributed by atoms with Gasteiger partial charge in [-0.05, 0) is 81.6 Å². The molecule has 8 heteroatoms. The number of ketones is 1. The second-order valence-corrected chi connectivity index (χ2v) is 10.1. The van der Waals surface area contributed by atoms with Gasteiger partial charge >= 0.3 is 0 Å². The third-order valence-electron chi connectivity index (χ3n) is 6.35. The van der Waals surface area contributed by atoms with Crippen molar-refractivity contribution in [1.82, 2.24) is 9.88 Å². The molecule has 0 amide bonds. The van der Waals surface area contributed by atoms with Gasteiger partial charge in [-0.1, -0.05) is 35.7 Å². The first-order valence-corrected chi connectivity index (χ1v) is 12.0. The number of carbonyl (C=O) groups excluding carboxylic acids is 1. The summed E-state index contributed by atoms with van der Waals surface area (Å²) in [7, 11) is 4.23. The van der Waals surface area contributed by atoms with Crippen LogP contribution >= 0.6 is 35.6 Å². The number of nitrogens with one attached hydrogen (secondary N) is 1. The van der Waals surface area contributed by atoms with Gasteiger partial charge in [0.05, 0.1) is 26.8 Å². The average Bonchev–Trinajstić information content (AvgIpc) is 2.76. The fourth-order valence-electron chi connectivity index (χ4n) is 4.84. The summed E-state index contributed by atoms with van der Waals surface area (Å²) < 4.78 is 0. The molecule has 1 heterocycles. The minimum absolute atomic E-state index is 0. The summed E-state index contributed by atoms with van der Waals surface area (Å²) in [6, 6.07) is 9.56. The zero-order chi connectivity index (χ0) is 23.7. The van der Waals surface area contributed by atoms with E-state index in [2.05, 4.69) is 29.3 Å². The number of phenols is 1. The fraction of sp³-hybridized carbons (Fsp3) is 0.385. The molecule has 3 aromatic rings. The summed E-state index contributed by atoms with van der Waals surface area (Å²) in [6.07, 6.45) is 6.22. The Morgan fingerprint density at radius 2 is 1.85 bits per heavy atom. The largest absolute Gasteiger partial charge is 0.505 e. The van der Waals surface area contributed by atoms with Crippen LogP contribution in [-0.2, 0) is 0 Å². The Kier molecular flexibility index (Phi) is 8.69. The Bertz CT molecular complexity index is 1180. The Morgan fingerprint density at radius 1 is 1.15 bits per heavy atom. The number of aromatic nitrogens is 1. The molecule has 5 nitrogen and oxygen atoms in total. The van der Waals surface area contributed by atoms with Crippen LogP contribution in [0.3, 0.4) is 0 Å². The van der Waals surface area contributed by atoms with Gasteiger partial charge in [0.2, 0.25) is 0 Å². The normalized spacial score (nSPS) is 18.1. The van der Waals surface area contributed by atoms with E-state index in [0.717, 1.165) is 47.1 Å². The maximum atomic E-state index is 12.5. The SMILES string of the molecule is CC(=O)c1cnc2ccc(-c3cc(Cl)c(O)c(Cl)c3)cc2c1N[C@H]1CCC[C@@H](CN(C)C)C1.Cl.